The Morgan fingerprint density at radius 1 is 1.15 bits per heavy atom. The predicted octanol–water partition coefficient (Wildman–Crippen LogP) is 4.48. The molecular weight excluding hydrogens is 360 g/mol. The van der Waals surface area contributed by atoms with E-state index in [0.717, 1.165) is 29.8 Å². The van der Waals surface area contributed by atoms with Crippen molar-refractivity contribution < 1.29 is 9.59 Å². The minimum Gasteiger partial charge on any atom is -0.335 e. The predicted molar refractivity (Wildman–Crippen MR) is 109 cm³/mol. The van der Waals surface area contributed by atoms with Gasteiger partial charge in [-0.05, 0) is 37.8 Å². The molecular formula is C20H26N4O2S. The number of rotatable bonds is 6. The standard InChI is InChI=1S/C20H26N4O2S/c1-14-7-5-6-10-17(14)23-18(25)12-11-16-13-27-20(22-16)24-19(26)21-15-8-3-2-4-9-15/h5-7,10,13,15H,2-4,8-9,11-12H2,1H3,(H,23,25)(H2,21,22,24,26). The molecule has 7 heteroatoms. The Morgan fingerprint density at radius 2 is 1.93 bits per heavy atom. The lowest BCUT2D eigenvalue weighted by Crippen LogP contribution is -2.38. The van der Waals surface area contributed by atoms with Crippen molar-refractivity contribution in [2.75, 3.05) is 10.6 Å². The lowest BCUT2D eigenvalue weighted by molar-refractivity contribution is -0.116. The van der Waals surface area contributed by atoms with Crippen LogP contribution >= 0.6 is 11.3 Å². The molecule has 0 saturated heterocycles. The van der Waals surface area contributed by atoms with Crippen molar-refractivity contribution in [2.24, 2.45) is 0 Å². The highest BCUT2D eigenvalue weighted by molar-refractivity contribution is 7.13. The zero-order chi connectivity index (χ0) is 19.1. The number of thiazole rings is 1. The zero-order valence-electron chi connectivity index (χ0n) is 15.6. The van der Waals surface area contributed by atoms with Gasteiger partial charge in [-0.15, -0.1) is 11.3 Å². The average Bonchev–Trinajstić information content (AvgIpc) is 3.10. The maximum atomic E-state index is 12.1. The van der Waals surface area contributed by atoms with Gasteiger partial charge in [0.25, 0.3) is 0 Å². The summed E-state index contributed by atoms with van der Waals surface area (Å²) in [5.74, 6) is -0.0400. The maximum absolute atomic E-state index is 12.1. The van der Waals surface area contributed by atoms with E-state index in [9.17, 15) is 9.59 Å². The quantitative estimate of drug-likeness (QED) is 0.684. The summed E-state index contributed by atoms with van der Waals surface area (Å²) < 4.78 is 0. The number of nitrogens with zero attached hydrogens (tertiary/aromatic N) is 1. The number of nitrogens with one attached hydrogen (secondary N) is 3. The molecule has 3 amide bonds. The normalized spacial score (nSPS) is 14.6. The van der Waals surface area contributed by atoms with Crippen LogP contribution in [0.3, 0.4) is 0 Å². The van der Waals surface area contributed by atoms with Crippen LogP contribution in [0.4, 0.5) is 15.6 Å². The summed E-state index contributed by atoms with van der Waals surface area (Å²) in [6.45, 7) is 1.96. The topological polar surface area (TPSA) is 83.1 Å². The molecule has 144 valence electrons. The van der Waals surface area contributed by atoms with Gasteiger partial charge in [0.2, 0.25) is 5.91 Å². The third-order valence-corrected chi connectivity index (χ3v) is 5.55. The molecule has 0 bridgehead atoms. The molecule has 1 aromatic carbocycles. The van der Waals surface area contributed by atoms with Crippen LogP contribution in [0, 0.1) is 6.92 Å². The van der Waals surface area contributed by atoms with Crippen LogP contribution < -0.4 is 16.0 Å². The summed E-state index contributed by atoms with van der Waals surface area (Å²) in [5.41, 5.74) is 2.69. The summed E-state index contributed by atoms with van der Waals surface area (Å²) in [6, 6.07) is 7.77. The molecule has 1 saturated carbocycles. The van der Waals surface area contributed by atoms with Crippen LogP contribution in [-0.2, 0) is 11.2 Å². The van der Waals surface area contributed by atoms with Crippen LogP contribution in [0.25, 0.3) is 0 Å². The van der Waals surface area contributed by atoms with Gasteiger partial charge < -0.3 is 10.6 Å². The second-order valence-corrected chi connectivity index (χ2v) is 7.80. The second kappa shape index (κ2) is 9.50. The minimum atomic E-state index is -0.194. The fourth-order valence-corrected chi connectivity index (χ4v) is 3.95. The molecule has 0 unspecified atom stereocenters. The summed E-state index contributed by atoms with van der Waals surface area (Å²) in [6.07, 6.45) is 6.60. The molecule has 1 aliphatic rings. The first-order valence-corrected chi connectivity index (χ1v) is 10.4. The van der Waals surface area contributed by atoms with Crippen LogP contribution in [0.5, 0.6) is 0 Å². The highest BCUT2D eigenvalue weighted by atomic mass is 32.1. The summed E-state index contributed by atoms with van der Waals surface area (Å²) in [7, 11) is 0. The first-order chi connectivity index (χ1) is 13.1. The van der Waals surface area contributed by atoms with Crippen molar-refractivity contribution in [3.63, 3.8) is 0 Å². The van der Waals surface area contributed by atoms with Gasteiger partial charge in [0.15, 0.2) is 5.13 Å². The number of hydrogen-bond donors (Lipinski definition) is 3. The first-order valence-electron chi connectivity index (χ1n) is 9.47. The van der Waals surface area contributed by atoms with Crippen LogP contribution in [0.1, 0.15) is 49.8 Å². The molecule has 2 aromatic rings. The molecule has 0 atom stereocenters. The third kappa shape index (κ3) is 6.06. The second-order valence-electron chi connectivity index (χ2n) is 6.94. The van der Waals surface area contributed by atoms with E-state index in [1.165, 1.54) is 30.6 Å². The number of aromatic nitrogens is 1. The summed E-state index contributed by atoms with van der Waals surface area (Å²) in [4.78, 5) is 28.6. The molecule has 3 N–H and O–H groups in total. The van der Waals surface area contributed by atoms with E-state index in [-0.39, 0.29) is 18.0 Å². The van der Waals surface area contributed by atoms with E-state index >= 15 is 0 Å². The fraction of sp³-hybridized carbons (Fsp3) is 0.450. The first kappa shape index (κ1) is 19.4. The molecule has 0 aliphatic heterocycles. The summed E-state index contributed by atoms with van der Waals surface area (Å²) in [5, 5.41) is 11.2. The van der Waals surface area contributed by atoms with Crippen LogP contribution in [0.2, 0.25) is 0 Å². The van der Waals surface area contributed by atoms with Gasteiger partial charge in [-0.2, -0.15) is 0 Å². The average molecular weight is 387 g/mol. The molecule has 0 spiro atoms. The van der Waals surface area contributed by atoms with E-state index in [2.05, 4.69) is 20.9 Å². The van der Waals surface area contributed by atoms with Crippen LogP contribution in [0.15, 0.2) is 29.6 Å². The number of urea groups is 1. The molecule has 3 rings (SSSR count). The molecule has 6 nitrogen and oxygen atoms in total. The molecule has 0 radical (unpaired) electrons. The van der Waals surface area contributed by atoms with Gasteiger partial charge in [0.1, 0.15) is 0 Å². The maximum Gasteiger partial charge on any atom is 0.321 e. The molecule has 1 aromatic heterocycles. The monoisotopic (exact) mass is 386 g/mol. The Labute approximate surface area is 163 Å². The Bertz CT molecular complexity index is 784. The molecule has 1 fully saturated rings. The fourth-order valence-electron chi connectivity index (χ4n) is 3.21. The number of carbonyl (C=O) groups excluding carboxylic acids is 2. The van der Waals surface area contributed by atoms with Gasteiger partial charge >= 0.3 is 6.03 Å². The van der Waals surface area contributed by atoms with E-state index in [4.69, 9.17) is 0 Å². The van der Waals surface area contributed by atoms with E-state index in [1.807, 2.05) is 36.6 Å². The van der Waals surface area contributed by atoms with Gasteiger partial charge in [-0.25, -0.2) is 9.78 Å². The SMILES string of the molecule is Cc1ccccc1NC(=O)CCc1csc(NC(=O)NC2CCCCC2)n1. The molecule has 1 heterocycles. The summed E-state index contributed by atoms with van der Waals surface area (Å²) >= 11 is 1.38. The number of carbonyl (C=O) groups is 2. The third-order valence-electron chi connectivity index (χ3n) is 4.74. The van der Waals surface area contributed by atoms with Gasteiger partial charge in [-0.3, -0.25) is 10.1 Å². The largest absolute Gasteiger partial charge is 0.335 e. The van der Waals surface area contributed by atoms with E-state index < -0.39 is 0 Å². The highest BCUT2D eigenvalue weighted by Crippen LogP contribution is 2.19. The number of hydrogen-bond acceptors (Lipinski definition) is 4. The Hall–Kier alpha value is -2.41. The number of benzene rings is 1. The Morgan fingerprint density at radius 3 is 2.70 bits per heavy atom. The van der Waals surface area contributed by atoms with Gasteiger partial charge in [0, 0.05) is 23.5 Å². The van der Waals surface area contributed by atoms with Crippen molar-refractivity contribution in [3.8, 4) is 0 Å². The smallest absolute Gasteiger partial charge is 0.321 e. The lowest BCUT2D eigenvalue weighted by atomic mass is 9.96. The van der Waals surface area contributed by atoms with E-state index in [0.29, 0.717) is 18.0 Å². The number of amides is 3. The van der Waals surface area contributed by atoms with Gasteiger partial charge in [-0.1, -0.05) is 37.5 Å². The number of aryl methyl sites for hydroxylation is 2. The zero-order valence-corrected chi connectivity index (χ0v) is 16.4. The number of para-hydroxylation sites is 1. The van der Waals surface area contributed by atoms with Crippen molar-refractivity contribution >= 4 is 34.1 Å². The van der Waals surface area contributed by atoms with E-state index in [1.54, 1.807) is 0 Å². The highest BCUT2D eigenvalue weighted by Gasteiger charge is 2.16. The lowest BCUT2D eigenvalue weighted by Gasteiger charge is -2.22. The Balaban J connectivity index is 1.43. The van der Waals surface area contributed by atoms with Crippen LogP contribution in [-0.4, -0.2) is 23.0 Å². The Kier molecular flexibility index (Phi) is 6.81. The van der Waals surface area contributed by atoms with Gasteiger partial charge in [0.05, 0.1) is 5.69 Å². The molecule has 27 heavy (non-hydrogen) atoms. The number of anilines is 2. The molecule has 1 aliphatic carbocycles. The van der Waals surface area contributed by atoms with Crippen molar-refractivity contribution in [1.82, 2.24) is 10.3 Å². The van der Waals surface area contributed by atoms with Crippen molar-refractivity contribution in [3.05, 3.63) is 40.9 Å². The minimum absolute atomic E-state index is 0.0400. The van der Waals surface area contributed by atoms with Crippen molar-refractivity contribution in [1.29, 1.82) is 0 Å². The van der Waals surface area contributed by atoms with Crippen molar-refractivity contribution in [2.45, 2.75) is 57.9 Å².